The van der Waals surface area contributed by atoms with Crippen LogP contribution in [0.2, 0.25) is 0 Å². The zero-order valence-corrected chi connectivity index (χ0v) is 10.8. The summed E-state index contributed by atoms with van der Waals surface area (Å²) in [6.07, 6.45) is 2.85. The molecule has 3 rings (SSSR count). The molecular formula is C15H17NO3. The maximum Gasteiger partial charge on any atom is 0.227 e. The molecule has 100 valence electrons. The third-order valence-electron chi connectivity index (χ3n) is 4.02. The summed E-state index contributed by atoms with van der Waals surface area (Å²) in [6, 6.07) is 5.71. The van der Waals surface area contributed by atoms with Crippen LogP contribution in [0.25, 0.3) is 0 Å². The molecule has 4 heteroatoms. The summed E-state index contributed by atoms with van der Waals surface area (Å²) in [5.74, 6) is 0.218. The Hall–Kier alpha value is -1.68. The summed E-state index contributed by atoms with van der Waals surface area (Å²) in [4.78, 5) is 25.5. The fourth-order valence-corrected chi connectivity index (χ4v) is 2.94. The smallest absolute Gasteiger partial charge is 0.227 e. The number of carbonyl (C=O) groups is 2. The van der Waals surface area contributed by atoms with E-state index in [1.54, 1.807) is 4.90 Å². The molecule has 1 aliphatic heterocycles. The van der Waals surface area contributed by atoms with E-state index in [1.807, 2.05) is 18.2 Å². The maximum atomic E-state index is 11.9. The zero-order valence-electron chi connectivity index (χ0n) is 10.8. The zero-order chi connectivity index (χ0) is 13.4. The largest absolute Gasteiger partial charge is 0.396 e. The highest BCUT2D eigenvalue weighted by atomic mass is 16.3. The number of anilines is 1. The Kier molecular flexibility index (Phi) is 3.11. The lowest BCUT2D eigenvalue weighted by atomic mass is 9.90. The van der Waals surface area contributed by atoms with E-state index in [-0.39, 0.29) is 24.2 Å². The van der Waals surface area contributed by atoms with E-state index in [2.05, 4.69) is 0 Å². The first kappa shape index (κ1) is 12.4. The number of benzene rings is 1. The van der Waals surface area contributed by atoms with Crippen LogP contribution in [0.5, 0.6) is 0 Å². The number of aliphatic hydroxyl groups excluding tert-OH is 1. The average molecular weight is 259 g/mol. The van der Waals surface area contributed by atoms with Crippen molar-refractivity contribution in [1.82, 2.24) is 0 Å². The molecule has 1 aromatic rings. The molecule has 1 N–H and O–H groups in total. The number of hydrogen-bond donors (Lipinski definition) is 1. The number of amides is 1. The summed E-state index contributed by atoms with van der Waals surface area (Å²) < 4.78 is 0. The minimum atomic E-state index is 0.0132. The lowest BCUT2D eigenvalue weighted by Gasteiger charge is -2.20. The van der Waals surface area contributed by atoms with Crippen LogP contribution in [-0.4, -0.2) is 29.9 Å². The molecule has 19 heavy (non-hydrogen) atoms. The van der Waals surface area contributed by atoms with Gasteiger partial charge in [-0.3, -0.25) is 9.59 Å². The summed E-state index contributed by atoms with van der Waals surface area (Å²) >= 11 is 0. The van der Waals surface area contributed by atoms with Gasteiger partial charge in [0, 0.05) is 43.2 Å². The molecule has 0 spiro atoms. The van der Waals surface area contributed by atoms with Gasteiger partial charge in [0.05, 0.1) is 0 Å². The quantitative estimate of drug-likeness (QED) is 0.876. The number of carbonyl (C=O) groups excluding carboxylic acids is 2. The predicted molar refractivity (Wildman–Crippen MR) is 71.3 cm³/mol. The predicted octanol–water partition coefficient (Wildman–Crippen LogP) is 1.55. The van der Waals surface area contributed by atoms with E-state index in [0.29, 0.717) is 19.4 Å². The lowest BCUT2D eigenvalue weighted by Crippen LogP contribution is -2.25. The second-order valence-electron chi connectivity index (χ2n) is 5.38. The molecule has 1 aromatic carbocycles. The minimum Gasteiger partial charge on any atom is -0.396 e. The molecule has 0 aromatic heterocycles. The molecule has 0 saturated carbocycles. The molecule has 1 fully saturated rings. The number of Topliss-reactive ketones (excluding diaryl/α,β-unsaturated/α-hetero) is 1. The van der Waals surface area contributed by atoms with Crippen molar-refractivity contribution in [3.05, 3.63) is 29.3 Å². The number of ketones is 1. The van der Waals surface area contributed by atoms with Crippen LogP contribution in [0.3, 0.4) is 0 Å². The van der Waals surface area contributed by atoms with Crippen LogP contribution in [0.4, 0.5) is 5.69 Å². The van der Waals surface area contributed by atoms with Gasteiger partial charge in [-0.05, 0) is 30.5 Å². The number of fused-ring (bicyclic) bond motifs is 1. The molecule has 1 atom stereocenters. The number of aryl methyl sites for hydroxylation is 1. The molecule has 4 nitrogen and oxygen atoms in total. The van der Waals surface area contributed by atoms with Crippen LogP contribution in [0, 0.1) is 5.92 Å². The lowest BCUT2D eigenvalue weighted by molar-refractivity contribution is -0.117. The maximum absolute atomic E-state index is 11.9. The first-order chi connectivity index (χ1) is 9.19. The van der Waals surface area contributed by atoms with Gasteiger partial charge in [0.2, 0.25) is 5.91 Å². The molecule has 0 radical (unpaired) electrons. The minimum absolute atomic E-state index is 0.0132. The van der Waals surface area contributed by atoms with Gasteiger partial charge in [0.15, 0.2) is 5.78 Å². The van der Waals surface area contributed by atoms with Gasteiger partial charge in [0.25, 0.3) is 0 Å². The highest BCUT2D eigenvalue weighted by Gasteiger charge is 2.30. The monoisotopic (exact) mass is 259 g/mol. The molecule has 1 saturated heterocycles. The molecule has 1 aliphatic carbocycles. The third kappa shape index (κ3) is 2.16. The van der Waals surface area contributed by atoms with Crippen LogP contribution < -0.4 is 4.90 Å². The van der Waals surface area contributed by atoms with Crippen LogP contribution in [0.1, 0.15) is 35.2 Å². The molecule has 1 unspecified atom stereocenters. The third-order valence-corrected chi connectivity index (χ3v) is 4.02. The van der Waals surface area contributed by atoms with Gasteiger partial charge in [-0.1, -0.05) is 6.07 Å². The number of nitrogens with zero attached hydrogens (tertiary/aromatic N) is 1. The van der Waals surface area contributed by atoms with E-state index in [1.165, 1.54) is 0 Å². The molecule has 2 aliphatic rings. The van der Waals surface area contributed by atoms with Crippen molar-refractivity contribution in [3.63, 3.8) is 0 Å². The highest BCUT2D eigenvalue weighted by Crippen LogP contribution is 2.29. The summed E-state index contributed by atoms with van der Waals surface area (Å²) in [5, 5.41) is 9.15. The number of hydrogen-bond acceptors (Lipinski definition) is 3. The fraction of sp³-hybridized carbons (Fsp3) is 0.467. The Morgan fingerprint density at radius 3 is 2.84 bits per heavy atom. The van der Waals surface area contributed by atoms with Crippen molar-refractivity contribution in [3.8, 4) is 0 Å². The van der Waals surface area contributed by atoms with Gasteiger partial charge in [-0.2, -0.15) is 0 Å². The number of rotatable bonds is 2. The van der Waals surface area contributed by atoms with Crippen LogP contribution in [0.15, 0.2) is 18.2 Å². The van der Waals surface area contributed by atoms with Crippen molar-refractivity contribution >= 4 is 17.4 Å². The van der Waals surface area contributed by atoms with Crippen molar-refractivity contribution in [2.75, 3.05) is 18.1 Å². The Morgan fingerprint density at radius 2 is 2.11 bits per heavy atom. The molecule has 0 bridgehead atoms. The van der Waals surface area contributed by atoms with E-state index < -0.39 is 0 Å². The summed E-state index contributed by atoms with van der Waals surface area (Å²) in [6.45, 7) is 0.578. The Morgan fingerprint density at radius 1 is 1.26 bits per heavy atom. The average Bonchev–Trinajstić information content (AvgIpc) is 2.80. The van der Waals surface area contributed by atoms with Crippen LogP contribution >= 0.6 is 0 Å². The van der Waals surface area contributed by atoms with Crippen LogP contribution in [-0.2, 0) is 11.2 Å². The highest BCUT2D eigenvalue weighted by molar-refractivity contribution is 6.01. The van der Waals surface area contributed by atoms with Gasteiger partial charge in [-0.25, -0.2) is 0 Å². The topological polar surface area (TPSA) is 57.6 Å². The Balaban J connectivity index is 1.92. The van der Waals surface area contributed by atoms with Gasteiger partial charge in [-0.15, -0.1) is 0 Å². The Bertz CT molecular complexity index is 538. The van der Waals surface area contributed by atoms with Crippen molar-refractivity contribution in [2.24, 2.45) is 5.92 Å². The van der Waals surface area contributed by atoms with Gasteiger partial charge >= 0.3 is 0 Å². The van der Waals surface area contributed by atoms with Crippen molar-refractivity contribution in [1.29, 1.82) is 0 Å². The van der Waals surface area contributed by atoms with Gasteiger partial charge < -0.3 is 10.0 Å². The first-order valence-electron chi connectivity index (χ1n) is 6.76. The van der Waals surface area contributed by atoms with Gasteiger partial charge in [0.1, 0.15) is 0 Å². The Labute approximate surface area is 112 Å². The second-order valence-corrected chi connectivity index (χ2v) is 5.38. The molecule has 1 heterocycles. The second kappa shape index (κ2) is 4.78. The van der Waals surface area contributed by atoms with Crippen molar-refractivity contribution in [2.45, 2.75) is 25.7 Å². The fourth-order valence-electron chi connectivity index (χ4n) is 2.94. The molecule has 1 amide bonds. The molecular weight excluding hydrogens is 242 g/mol. The van der Waals surface area contributed by atoms with E-state index >= 15 is 0 Å². The van der Waals surface area contributed by atoms with E-state index in [0.717, 1.165) is 29.7 Å². The first-order valence-corrected chi connectivity index (χ1v) is 6.76. The SMILES string of the molecule is O=C1CCCc2ccc(N3CC(CO)CC3=O)cc21. The van der Waals surface area contributed by atoms with Crippen molar-refractivity contribution < 1.29 is 14.7 Å². The summed E-state index contributed by atoms with van der Waals surface area (Å²) in [5.41, 5.74) is 2.64. The summed E-state index contributed by atoms with van der Waals surface area (Å²) in [7, 11) is 0. The van der Waals surface area contributed by atoms with E-state index in [9.17, 15) is 9.59 Å². The van der Waals surface area contributed by atoms with E-state index in [4.69, 9.17) is 5.11 Å². The standard InChI is InChI=1S/C15H17NO3/c17-9-10-6-15(19)16(8-10)12-5-4-11-2-1-3-14(18)13(11)7-12/h4-5,7,10,17H,1-3,6,8-9H2. The normalized spacial score (nSPS) is 22.8. The number of aliphatic hydroxyl groups is 1.